The maximum Gasteiger partial charge on any atom is 0.159 e. The van der Waals surface area contributed by atoms with Gasteiger partial charge < -0.3 is 4.90 Å². The number of aryl methyl sites for hydroxylation is 2. The molecule has 0 spiro atoms. The number of aromatic nitrogens is 3. The van der Waals surface area contributed by atoms with Crippen molar-refractivity contribution in [2.24, 2.45) is 7.05 Å². The Labute approximate surface area is 135 Å². The molecule has 0 atom stereocenters. The first-order chi connectivity index (χ1) is 10.6. The van der Waals surface area contributed by atoms with Gasteiger partial charge in [0, 0.05) is 17.3 Å². The second-order valence-corrected chi connectivity index (χ2v) is 6.98. The summed E-state index contributed by atoms with van der Waals surface area (Å²) < 4.78 is 1.89. The smallest absolute Gasteiger partial charge is 0.159 e. The van der Waals surface area contributed by atoms with Gasteiger partial charge in [-0.3, -0.25) is 4.68 Å². The lowest BCUT2D eigenvalue weighted by molar-refractivity contribution is 0.410. The number of pyridine rings is 1. The van der Waals surface area contributed by atoms with Crippen LogP contribution in [0.2, 0.25) is 0 Å². The van der Waals surface area contributed by atoms with Crippen LogP contribution >= 0.6 is 11.8 Å². The van der Waals surface area contributed by atoms with Crippen molar-refractivity contribution in [3.8, 4) is 0 Å². The van der Waals surface area contributed by atoms with Crippen molar-refractivity contribution in [1.82, 2.24) is 19.7 Å². The number of fused-ring (bicyclic) bond motifs is 2. The number of benzene rings is 1. The summed E-state index contributed by atoms with van der Waals surface area (Å²) in [6.07, 6.45) is 1.18. The standard InChI is InChI=1S/C17H22N4S/c1-12-15-16(22-11-7-10-20(2)3)13-8-5-6-9-14(13)18-17(15)21(4)19-12/h5-6,8-9H,7,10-11H2,1-4H3. The van der Waals surface area contributed by atoms with E-state index in [9.17, 15) is 0 Å². The third-order valence-corrected chi connectivity index (χ3v) is 5.00. The van der Waals surface area contributed by atoms with E-state index < -0.39 is 0 Å². The summed E-state index contributed by atoms with van der Waals surface area (Å²) in [7, 11) is 6.21. The predicted molar refractivity (Wildman–Crippen MR) is 94.6 cm³/mol. The van der Waals surface area contributed by atoms with E-state index in [-0.39, 0.29) is 0 Å². The van der Waals surface area contributed by atoms with Crippen LogP contribution in [0.25, 0.3) is 21.9 Å². The molecule has 2 heterocycles. The van der Waals surface area contributed by atoms with Gasteiger partial charge in [-0.2, -0.15) is 5.10 Å². The van der Waals surface area contributed by atoms with E-state index in [4.69, 9.17) is 4.98 Å². The predicted octanol–water partition coefficient (Wildman–Crippen LogP) is 3.47. The first-order valence-corrected chi connectivity index (χ1v) is 8.56. The fraction of sp³-hybridized carbons (Fsp3) is 0.412. The van der Waals surface area contributed by atoms with Crippen LogP contribution in [0.4, 0.5) is 0 Å². The molecule has 1 aromatic carbocycles. The lowest BCUT2D eigenvalue weighted by Crippen LogP contribution is -2.13. The molecule has 0 bridgehead atoms. The van der Waals surface area contributed by atoms with Crippen LogP contribution in [0.3, 0.4) is 0 Å². The third-order valence-electron chi connectivity index (χ3n) is 3.79. The Hall–Kier alpha value is -1.59. The summed E-state index contributed by atoms with van der Waals surface area (Å²) in [5, 5.41) is 7.00. The molecule has 0 saturated heterocycles. The normalized spacial score (nSPS) is 11.9. The van der Waals surface area contributed by atoms with Crippen LogP contribution in [0.5, 0.6) is 0 Å². The van der Waals surface area contributed by atoms with Gasteiger partial charge in [-0.05, 0) is 45.8 Å². The lowest BCUT2D eigenvalue weighted by atomic mass is 10.1. The number of thioether (sulfide) groups is 1. The molecule has 4 nitrogen and oxygen atoms in total. The summed E-state index contributed by atoms with van der Waals surface area (Å²) in [5.74, 6) is 1.11. The molecule has 0 aliphatic carbocycles. The highest BCUT2D eigenvalue weighted by molar-refractivity contribution is 7.99. The van der Waals surface area contributed by atoms with E-state index in [1.807, 2.05) is 29.6 Å². The second kappa shape index (κ2) is 6.26. The minimum Gasteiger partial charge on any atom is -0.309 e. The summed E-state index contributed by atoms with van der Waals surface area (Å²) in [4.78, 5) is 8.35. The molecule has 3 rings (SSSR count). The van der Waals surface area contributed by atoms with Crippen LogP contribution in [0, 0.1) is 6.92 Å². The van der Waals surface area contributed by atoms with Crippen molar-refractivity contribution in [2.75, 3.05) is 26.4 Å². The zero-order valence-corrected chi connectivity index (χ0v) is 14.4. The molecule has 0 radical (unpaired) electrons. The molecule has 0 amide bonds. The van der Waals surface area contributed by atoms with Gasteiger partial charge in [0.15, 0.2) is 5.65 Å². The van der Waals surface area contributed by atoms with Crippen molar-refractivity contribution >= 4 is 33.7 Å². The Morgan fingerprint density at radius 3 is 2.77 bits per heavy atom. The molecule has 0 aliphatic rings. The lowest BCUT2D eigenvalue weighted by Gasteiger charge is -2.11. The average Bonchev–Trinajstić information content (AvgIpc) is 2.77. The molecule has 3 aromatic rings. The van der Waals surface area contributed by atoms with Crippen molar-refractivity contribution in [1.29, 1.82) is 0 Å². The highest BCUT2D eigenvalue weighted by Gasteiger charge is 2.15. The number of para-hydroxylation sites is 1. The fourth-order valence-electron chi connectivity index (χ4n) is 2.76. The van der Waals surface area contributed by atoms with Gasteiger partial charge in [0.1, 0.15) is 0 Å². The van der Waals surface area contributed by atoms with Crippen LogP contribution in [0.1, 0.15) is 12.1 Å². The Bertz CT molecular complexity index is 807. The summed E-state index contributed by atoms with van der Waals surface area (Å²) in [6.45, 7) is 3.19. The maximum absolute atomic E-state index is 4.79. The molecule has 2 aromatic heterocycles. The fourth-order valence-corrected chi connectivity index (χ4v) is 3.95. The van der Waals surface area contributed by atoms with Crippen LogP contribution < -0.4 is 0 Å². The van der Waals surface area contributed by atoms with Gasteiger partial charge in [-0.25, -0.2) is 4.98 Å². The van der Waals surface area contributed by atoms with E-state index in [2.05, 4.69) is 49.2 Å². The summed E-state index contributed by atoms with van der Waals surface area (Å²) in [6, 6.07) is 8.39. The quantitative estimate of drug-likeness (QED) is 0.533. The molecule has 22 heavy (non-hydrogen) atoms. The monoisotopic (exact) mass is 314 g/mol. The van der Waals surface area contributed by atoms with Crippen molar-refractivity contribution in [3.05, 3.63) is 30.0 Å². The number of hydrogen-bond acceptors (Lipinski definition) is 4. The summed E-state index contributed by atoms with van der Waals surface area (Å²) >= 11 is 1.93. The number of nitrogens with zero attached hydrogens (tertiary/aromatic N) is 4. The van der Waals surface area contributed by atoms with Gasteiger partial charge >= 0.3 is 0 Å². The van der Waals surface area contributed by atoms with Gasteiger partial charge in [-0.15, -0.1) is 11.8 Å². The van der Waals surface area contributed by atoms with Gasteiger partial charge in [-0.1, -0.05) is 18.2 Å². The molecule has 0 saturated carbocycles. The van der Waals surface area contributed by atoms with Crippen LogP contribution in [-0.4, -0.2) is 46.1 Å². The number of rotatable bonds is 5. The van der Waals surface area contributed by atoms with Crippen LogP contribution in [0.15, 0.2) is 29.2 Å². The van der Waals surface area contributed by atoms with Crippen molar-refractivity contribution in [3.63, 3.8) is 0 Å². The molecule has 5 heteroatoms. The van der Waals surface area contributed by atoms with Gasteiger partial charge in [0.2, 0.25) is 0 Å². The Kier molecular flexibility index (Phi) is 4.36. The van der Waals surface area contributed by atoms with Gasteiger partial charge in [0.25, 0.3) is 0 Å². The Balaban J connectivity index is 2.06. The highest BCUT2D eigenvalue weighted by atomic mass is 32.2. The number of hydrogen-bond donors (Lipinski definition) is 0. The van der Waals surface area contributed by atoms with Crippen molar-refractivity contribution in [2.45, 2.75) is 18.2 Å². The Morgan fingerprint density at radius 2 is 2.00 bits per heavy atom. The molecule has 0 unspecified atom stereocenters. The van der Waals surface area contributed by atoms with E-state index in [1.54, 1.807) is 0 Å². The molecule has 0 aliphatic heterocycles. The molecular weight excluding hydrogens is 292 g/mol. The SMILES string of the molecule is Cc1nn(C)c2nc3ccccc3c(SCCCN(C)C)c12. The topological polar surface area (TPSA) is 34.0 Å². The van der Waals surface area contributed by atoms with Crippen LogP contribution in [-0.2, 0) is 7.05 Å². The molecule has 0 fully saturated rings. The second-order valence-electron chi connectivity index (χ2n) is 5.87. The summed E-state index contributed by atoms with van der Waals surface area (Å²) in [5.41, 5.74) is 3.09. The maximum atomic E-state index is 4.79. The van der Waals surface area contributed by atoms with E-state index in [0.29, 0.717) is 0 Å². The Morgan fingerprint density at radius 1 is 1.23 bits per heavy atom. The minimum atomic E-state index is 0.978. The molecule has 116 valence electrons. The first-order valence-electron chi connectivity index (χ1n) is 7.57. The van der Waals surface area contributed by atoms with Gasteiger partial charge in [0.05, 0.1) is 16.6 Å². The van der Waals surface area contributed by atoms with E-state index in [0.717, 1.165) is 29.2 Å². The highest BCUT2D eigenvalue weighted by Crippen LogP contribution is 2.35. The molecular formula is C17H22N4S. The van der Waals surface area contributed by atoms with E-state index in [1.165, 1.54) is 22.1 Å². The zero-order valence-electron chi connectivity index (χ0n) is 13.6. The largest absolute Gasteiger partial charge is 0.309 e. The molecule has 0 N–H and O–H groups in total. The minimum absolute atomic E-state index is 0.978. The van der Waals surface area contributed by atoms with E-state index >= 15 is 0 Å². The average molecular weight is 314 g/mol. The third kappa shape index (κ3) is 2.83. The zero-order chi connectivity index (χ0) is 15.7. The first kappa shape index (κ1) is 15.3. The van der Waals surface area contributed by atoms with Crippen molar-refractivity contribution < 1.29 is 0 Å².